The highest BCUT2D eigenvalue weighted by Crippen LogP contribution is 2.13. The molecule has 7 heteroatoms. The van der Waals surface area contributed by atoms with Crippen LogP contribution in [0.2, 0.25) is 0 Å². The molecule has 140 valence electrons. The van der Waals surface area contributed by atoms with Crippen molar-refractivity contribution in [1.82, 2.24) is 19.9 Å². The molecule has 0 aliphatic carbocycles. The molecule has 3 rings (SSSR count). The zero-order valence-electron chi connectivity index (χ0n) is 15.5. The lowest BCUT2D eigenvalue weighted by molar-refractivity contribution is -0.140. The molecule has 1 amide bonds. The maximum absolute atomic E-state index is 12.5. The maximum atomic E-state index is 12.5. The Morgan fingerprint density at radius 3 is 2.59 bits per heavy atom. The fourth-order valence-electron chi connectivity index (χ4n) is 2.84. The second kappa shape index (κ2) is 8.44. The molecule has 1 aromatic heterocycles. The van der Waals surface area contributed by atoms with Crippen LogP contribution >= 0.6 is 0 Å². The lowest BCUT2D eigenvalue weighted by Crippen LogP contribution is -2.28. The van der Waals surface area contributed by atoms with Crippen LogP contribution in [0.1, 0.15) is 28.8 Å². The molecular weight excluding hydrogens is 344 g/mol. The van der Waals surface area contributed by atoms with Crippen molar-refractivity contribution in [3.05, 3.63) is 59.7 Å². The van der Waals surface area contributed by atoms with Gasteiger partial charge < -0.3 is 9.64 Å². The van der Waals surface area contributed by atoms with E-state index in [9.17, 15) is 9.59 Å². The molecule has 0 atom stereocenters. The van der Waals surface area contributed by atoms with E-state index >= 15 is 0 Å². The number of amides is 1. The first-order valence-electron chi connectivity index (χ1n) is 8.78. The van der Waals surface area contributed by atoms with E-state index in [2.05, 4.69) is 15.0 Å². The van der Waals surface area contributed by atoms with Gasteiger partial charge in [0.1, 0.15) is 5.52 Å². The number of hydrogen-bond acceptors (Lipinski definition) is 5. The van der Waals surface area contributed by atoms with Crippen LogP contribution in [0.4, 0.5) is 0 Å². The molecule has 0 bridgehead atoms. The SMILES string of the molecule is COC(=O)CCCN(C)C(=O)c1ccc(Cn2nnc3ccccc32)cc1. The van der Waals surface area contributed by atoms with Gasteiger partial charge in [-0.3, -0.25) is 9.59 Å². The van der Waals surface area contributed by atoms with E-state index in [0.717, 1.165) is 16.6 Å². The molecule has 0 aliphatic heterocycles. The molecule has 0 fully saturated rings. The van der Waals surface area contributed by atoms with Crippen LogP contribution < -0.4 is 0 Å². The molecule has 1 heterocycles. The van der Waals surface area contributed by atoms with Crippen LogP contribution in [-0.2, 0) is 16.1 Å². The minimum Gasteiger partial charge on any atom is -0.469 e. The topological polar surface area (TPSA) is 77.3 Å². The van der Waals surface area contributed by atoms with Gasteiger partial charge in [0.15, 0.2) is 0 Å². The van der Waals surface area contributed by atoms with Gasteiger partial charge in [0.2, 0.25) is 0 Å². The number of esters is 1. The van der Waals surface area contributed by atoms with E-state index in [0.29, 0.717) is 31.5 Å². The first kappa shape index (κ1) is 18.6. The summed E-state index contributed by atoms with van der Waals surface area (Å²) in [6.45, 7) is 1.09. The molecule has 0 radical (unpaired) electrons. The predicted octanol–water partition coefficient (Wildman–Crippen LogP) is 2.50. The molecular formula is C20H22N4O3. The average molecular weight is 366 g/mol. The number of benzene rings is 2. The van der Waals surface area contributed by atoms with Gasteiger partial charge in [0, 0.05) is 25.6 Å². The Hall–Kier alpha value is -3.22. The average Bonchev–Trinajstić information content (AvgIpc) is 3.10. The highest BCUT2D eigenvalue weighted by atomic mass is 16.5. The fourth-order valence-corrected chi connectivity index (χ4v) is 2.84. The van der Waals surface area contributed by atoms with Crippen LogP contribution in [0.25, 0.3) is 11.0 Å². The summed E-state index contributed by atoms with van der Waals surface area (Å²) < 4.78 is 6.44. The lowest BCUT2D eigenvalue weighted by Gasteiger charge is -2.17. The number of ether oxygens (including phenoxy) is 1. The Kier molecular flexibility index (Phi) is 5.80. The van der Waals surface area contributed by atoms with E-state index in [-0.39, 0.29) is 11.9 Å². The standard InChI is InChI=1S/C20H22N4O3/c1-23(13-5-8-19(25)27-2)20(26)16-11-9-15(10-12-16)14-24-18-7-4-3-6-17(18)21-22-24/h3-4,6-7,9-12H,5,8,13-14H2,1-2H3. The van der Waals surface area contributed by atoms with Gasteiger partial charge in [-0.1, -0.05) is 29.5 Å². The third kappa shape index (κ3) is 4.49. The van der Waals surface area contributed by atoms with Crippen LogP contribution in [0, 0.1) is 0 Å². The summed E-state index contributed by atoms with van der Waals surface area (Å²) in [6.07, 6.45) is 0.880. The lowest BCUT2D eigenvalue weighted by atomic mass is 10.1. The number of carbonyl (C=O) groups is 2. The van der Waals surface area contributed by atoms with Crippen LogP contribution in [0.5, 0.6) is 0 Å². The Morgan fingerprint density at radius 2 is 1.85 bits per heavy atom. The van der Waals surface area contributed by atoms with Crippen molar-refractivity contribution >= 4 is 22.9 Å². The first-order chi connectivity index (χ1) is 13.1. The van der Waals surface area contributed by atoms with Crippen molar-refractivity contribution < 1.29 is 14.3 Å². The molecule has 0 spiro atoms. The van der Waals surface area contributed by atoms with Crippen molar-refractivity contribution in [3.63, 3.8) is 0 Å². The summed E-state index contributed by atoms with van der Waals surface area (Å²) in [6, 6.07) is 15.3. The van der Waals surface area contributed by atoms with E-state index < -0.39 is 0 Å². The Balaban J connectivity index is 1.61. The van der Waals surface area contributed by atoms with Gasteiger partial charge >= 0.3 is 5.97 Å². The number of fused-ring (bicyclic) bond motifs is 1. The van der Waals surface area contributed by atoms with E-state index in [1.165, 1.54) is 7.11 Å². The van der Waals surface area contributed by atoms with Crippen molar-refractivity contribution in [2.45, 2.75) is 19.4 Å². The number of aromatic nitrogens is 3. The number of para-hydroxylation sites is 1. The van der Waals surface area contributed by atoms with E-state index in [1.54, 1.807) is 11.9 Å². The molecule has 0 saturated carbocycles. The van der Waals surface area contributed by atoms with Gasteiger partial charge in [-0.2, -0.15) is 0 Å². The third-order valence-electron chi connectivity index (χ3n) is 4.40. The third-order valence-corrected chi connectivity index (χ3v) is 4.40. The molecule has 2 aromatic carbocycles. The minimum absolute atomic E-state index is 0.0716. The minimum atomic E-state index is -0.263. The molecule has 0 aliphatic rings. The molecule has 27 heavy (non-hydrogen) atoms. The second-order valence-corrected chi connectivity index (χ2v) is 6.34. The van der Waals surface area contributed by atoms with Crippen LogP contribution in [0.3, 0.4) is 0 Å². The van der Waals surface area contributed by atoms with Gasteiger partial charge in [-0.25, -0.2) is 4.68 Å². The summed E-state index contributed by atoms with van der Waals surface area (Å²) in [5, 5.41) is 8.34. The highest BCUT2D eigenvalue weighted by molar-refractivity contribution is 5.94. The van der Waals surface area contributed by atoms with Gasteiger partial charge in [-0.05, 0) is 36.2 Å². The van der Waals surface area contributed by atoms with E-state index in [1.807, 2.05) is 53.2 Å². The van der Waals surface area contributed by atoms with Crippen molar-refractivity contribution in [2.24, 2.45) is 0 Å². The molecule has 7 nitrogen and oxygen atoms in total. The van der Waals surface area contributed by atoms with Gasteiger partial charge in [-0.15, -0.1) is 5.10 Å². The summed E-state index contributed by atoms with van der Waals surface area (Å²) in [7, 11) is 3.09. The second-order valence-electron chi connectivity index (χ2n) is 6.34. The molecule has 0 unspecified atom stereocenters. The number of nitrogens with zero attached hydrogens (tertiary/aromatic N) is 4. The number of rotatable bonds is 7. The zero-order chi connectivity index (χ0) is 19.2. The van der Waals surface area contributed by atoms with Crippen LogP contribution in [0.15, 0.2) is 48.5 Å². The molecule has 0 N–H and O–H groups in total. The summed E-state index contributed by atoms with van der Waals surface area (Å²) in [4.78, 5) is 25.2. The summed E-state index contributed by atoms with van der Waals surface area (Å²) in [5.41, 5.74) is 3.49. The number of hydrogen-bond donors (Lipinski definition) is 0. The monoisotopic (exact) mass is 366 g/mol. The fraction of sp³-hybridized carbons (Fsp3) is 0.300. The summed E-state index contributed by atoms with van der Waals surface area (Å²) in [5.74, 6) is -0.335. The van der Waals surface area contributed by atoms with Crippen LogP contribution in [-0.4, -0.2) is 52.5 Å². The predicted molar refractivity (Wildman–Crippen MR) is 101 cm³/mol. The quantitative estimate of drug-likeness (QED) is 0.601. The van der Waals surface area contributed by atoms with E-state index in [4.69, 9.17) is 0 Å². The number of carbonyl (C=O) groups excluding carboxylic acids is 2. The normalized spacial score (nSPS) is 10.7. The van der Waals surface area contributed by atoms with Crippen molar-refractivity contribution in [1.29, 1.82) is 0 Å². The maximum Gasteiger partial charge on any atom is 0.305 e. The Morgan fingerprint density at radius 1 is 1.11 bits per heavy atom. The molecule has 3 aromatic rings. The highest BCUT2D eigenvalue weighted by Gasteiger charge is 2.12. The van der Waals surface area contributed by atoms with Crippen molar-refractivity contribution in [2.75, 3.05) is 20.7 Å². The number of methoxy groups -OCH3 is 1. The van der Waals surface area contributed by atoms with Crippen molar-refractivity contribution in [3.8, 4) is 0 Å². The largest absolute Gasteiger partial charge is 0.469 e. The molecule has 0 saturated heterocycles. The first-order valence-corrected chi connectivity index (χ1v) is 8.78. The Labute approximate surface area is 157 Å². The van der Waals surface area contributed by atoms with Gasteiger partial charge in [0.05, 0.1) is 19.2 Å². The zero-order valence-corrected chi connectivity index (χ0v) is 15.5. The van der Waals surface area contributed by atoms with Gasteiger partial charge in [0.25, 0.3) is 5.91 Å². The smallest absolute Gasteiger partial charge is 0.305 e. The Bertz CT molecular complexity index is 934. The summed E-state index contributed by atoms with van der Waals surface area (Å²) >= 11 is 0.